The van der Waals surface area contributed by atoms with Crippen molar-refractivity contribution in [3.05, 3.63) is 39.9 Å². The van der Waals surface area contributed by atoms with Crippen molar-refractivity contribution in [3.63, 3.8) is 0 Å². The van der Waals surface area contributed by atoms with Crippen molar-refractivity contribution in [2.75, 3.05) is 13.1 Å². The standard InChI is InChI=1S/C17H19N3O2/c1-10-2-3-13-12(8-10)15-16(22-13)17(21)20-14(19-15)9-11-4-6-18-7-5-11/h2-3,8,11,18H,4-7,9H2,1H3,(H,19,20,21). The van der Waals surface area contributed by atoms with Crippen LogP contribution in [0.1, 0.15) is 24.2 Å². The van der Waals surface area contributed by atoms with Crippen LogP contribution in [0.2, 0.25) is 0 Å². The summed E-state index contributed by atoms with van der Waals surface area (Å²) in [7, 11) is 0. The number of nitrogens with zero attached hydrogens (tertiary/aromatic N) is 1. The Hall–Kier alpha value is -2.14. The Labute approximate surface area is 127 Å². The first-order chi connectivity index (χ1) is 10.7. The average Bonchev–Trinajstić information content (AvgIpc) is 2.87. The smallest absolute Gasteiger partial charge is 0.294 e. The summed E-state index contributed by atoms with van der Waals surface area (Å²) in [5.74, 6) is 1.36. The van der Waals surface area contributed by atoms with E-state index in [0.717, 1.165) is 54.7 Å². The van der Waals surface area contributed by atoms with Gasteiger partial charge in [-0.25, -0.2) is 4.98 Å². The Morgan fingerprint density at radius 3 is 2.95 bits per heavy atom. The van der Waals surface area contributed by atoms with Crippen molar-refractivity contribution >= 4 is 22.1 Å². The Morgan fingerprint density at radius 1 is 1.32 bits per heavy atom. The number of fused-ring (bicyclic) bond motifs is 3. The van der Waals surface area contributed by atoms with Gasteiger partial charge in [0.15, 0.2) is 0 Å². The predicted molar refractivity (Wildman–Crippen MR) is 86.2 cm³/mol. The zero-order valence-corrected chi connectivity index (χ0v) is 12.6. The quantitative estimate of drug-likeness (QED) is 0.762. The van der Waals surface area contributed by atoms with Crippen LogP contribution >= 0.6 is 0 Å². The van der Waals surface area contributed by atoms with Crippen LogP contribution in [0.5, 0.6) is 0 Å². The molecule has 2 N–H and O–H groups in total. The first-order valence-corrected chi connectivity index (χ1v) is 7.83. The van der Waals surface area contributed by atoms with E-state index in [2.05, 4.69) is 15.3 Å². The van der Waals surface area contributed by atoms with Gasteiger partial charge in [-0.2, -0.15) is 0 Å². The maximum atomic E-state index is 12.3. The van der Waals surface area contributed by atoms with Crippen LogP contribution in [0.15, 0.2) is 27.4 Å². The normalized spacial score (nSPS) is 16.6. The zero-order valence-electron chi connectivity index (χ0n) is 12.6. The maximum absolute atomic E-state index is 12.3. The highest BCUT2D eigenvalue weighted by molar-refractivity contribution is 6.02. The molecule has 1 saturated heterocycles. The van der Waals surface area contributed by atoms with Crippen molar-refractivity contribution in [3.8, 4) is 0 Å². The molecule has 0 saturated carbocycles. The highest BCUT2D eigenvalue weighted by Crippen LogP contribution is 2.26. The summed E-state index contributed by atoms with van der Waals surface area (Å²) in [5.41, 5.74) is 2.69. The minimum Gasteiger partial charge on any atom is -0.449 e. The number of benzene rings is 1. The van der Waals surface area contributed by atoms with Gasteiger partial charge >= 0.3 is 0 Å². The Bertz CT molecular complexity index is 888. The maximum Gasteiger partial charge on any atom is 0.294 e. The summed E-state index contributed by atoms with van der Waals surface area (Å²) in [6.45, 7) is 4.12. The topological polar surface area (TPSA) is 70.9 Å². The second kappa shape index (κ2) is 5.25. The van der Waals surface area contributed by atoms with E-state index in [1.54, 1.807) is 0 Å². The molecule has 4 rings (SSSR count). The number of hydrogen-bond acceptors (Lipinski definition) is 4. The number of H-pyrrole nitrogens is 1. The van der Waals surface area contributed by atoms with Crippen molar-refractivity contribution in [2.45, 2.75) is 26.2 Å². The number of aromatic nitrogens is 2. The monoisotopic (exact) mass is 297 g/mol. The molecule has 1 aliphatic rings. The average molecular weight is 297 g/mol. The first-order valence-electron chi connectivity index (χ1n) is 7.83. The van der Waals surface area contributed by atoms with Gasteiger partial charge in [-0.05, 0) is 50.9 Å². The van der Waals surface area contributed by atoms with Crippen molar-refractivity contribution in [1.29, 1.82) is 0 Å². The summed E-state index contributed by atoms with van der Waals surface area (Å²) in [6.07, 6.45) is 3.09. The highest BCUT2D eigenvalue weighted by atomic mass is 16.3. The molecule has 0 bridgehead atoms. The molecule has 0 amide bonds. The van der Waals surface area contributed by atoms with Gasteiger partial charge in [-0.3, -0.25) is 4.79 Å². The molecule has 3 aromatic rings. The third-order valence-electron chi connectivity index (χ3n) is 4.47. The van der Waals surface area contributed by atoms with Crippen LogP contribution in [0.3, 0.4) is 0 Å². The molecule has 0 unspecified atom stereocenters. The number of aryl methyl sites for hydroxylation is 1. The molecule has 5 nitrogen and oxygen atoms in total. The van der Waals surface area contributed by atoms with E-state index in [0.29, 0.717) is 17.0 Å². The molecule has 0 aliphatic carbocycles. The van der Waals surface area contributed by atoms with Crippen LogP contribution in [-0.4, -0.2) is 23.1 Å². The van der Waals surface area contributed by atoms with Gasteiger partial charge in [0.05, 0.1) is 0 Å². The van der Waals surface area contributed by atoms with Gasteiger partial charge in [-0.1, -0.05) is 11.6 Å². The van der Waals surface area contributed by atoms with Crippen LogP contribution in [0.4, 0.5) is 0 Å². The number of rotatable bonds is 2. The minimum absolute atomic E-state index is 0.178. The van der Waals surface area contributed by atoms with Crippen LogP contribution in [0, 0.1) is 12.8 Å². The third kappa shape index (κ3) is 2.31. The molecule has 0 atom stereocenters. The summed E-state index contributed by atoms with van der Waals surface area (Å²) in [6, 6.07) is 5.91. The van der Waals surface area contributed by atoms with Gasteiger partial charge in [0.25, 0.3) is 5.56 Å². The lowest BCUT2D eigenvalue weighted by Crippen LogP contribution is -2.29. The molecule has 0 radical (unpaired) electrons. The van der Waals surface area contributed by atoms with E-state index in [1.807, 2.05) is 25.1 Å². The Balaban J connectivity index is 1.81. The second-order valence-corrected chi connectivity index (χ2v) is 6.19. The SMILES string of the molecule is Cc1ccc2oc3c(=O)[nH]c(CC4CCNCC4)nc3c2c1. The molecule has 2 aromatic heterocycles. The lowest BCUT2D eigenvalue weighted by atomic mass is 9.94. The van der Waals surface area contributed by atoms with Crippen LogP contribution in [-0.2, 0) is 6.42 Å². The van der Waals surface area contributed by atoms with E-state index in [9.17, 15) is 4.79 Å². The third-order valence-corrected chi connectivity index (χ3v) is 4.47. The number of piperidine rings is 1. The number of aromatic amines is 1. The van der Waals surface area contributed by atoms with Crippen molar-refractivity contribution in [2.24, 2.45) is 5.92 Å². The molecule has 3 heterocycles. The molecule has 22 heavy (non-hydrogen) atoms. The largest absolute Gasteiger partial charge is 0.449 e. The molecule has 1 aliphatic heterocycles. The van der Waals surface area contributed by atoms with E-state index in [-0.39, 0.29) is 5.56 Å². The molecule has 0 spiro atoms. The van der Waals surface area contributed by atoms with Crippen LogP contribution in [0.25, 0.3) is 22.1 Å². The van der Waals surface area contributed by atoms with Gasteiger partial charge in [0.1, 0.15) is 16.9 Å². The molecule has 5 heteroatoms. The summed E-state index contributed by atoms with van der Waals surface area (Å²) in [5, 5.41) is 4.28. The molecule has 1 aromatic carbocycles. The molecular formula is C17H19N3O2. The van der Waals surface area contributed by atoms with Crippen molar-refractivity contribution < 1.29 is 4.42 Å². The summed E-state index contributed by atoms with van der Waals surface area (Å²) < 4.78 is 5.67. The van der Waals surface area contributed by atoms with Crippen LogP contribution < -0.4 is 10.9 Å². The second-order valence-electron chi connectivity index (χ2n) is 6.19. The zero-order chi connectivity index (χ0) is 15.1. The fourth-order valence-electron chi connectivity index (χ4n) is 3.27. The minimum atomic E-state index is -0.178. The Kier molecular flexibility index (Phi) is 3.22. The number of nitrogens with one attached hydrogen (secondary N) is 2. The Morgan fingerprint density at radius 2 is 2.14 bits per heavy atom. The van der Waals surface area contributed by atoms with Gasteiger partial charge in [-0.15, -0.1) is 0 Å². The van der Waals surface area contributed by atoms with Gasteiger partial charge < -0.3 is 14.7 Å². The summed E-state index contributed by atoms with van der Waals surface area (Å²) in [4.78, 5) is 19.9. The molecule has 1 fully saturated rings. The van der Waals surface area contributed by atoms with Crippen molar-refractivity contribution in [1.82, 2.24) is 15.3 Å². The fraction of sp³-hybridized carbons (Fsp3) is 0.412. The van der Waals surface area contributed by atoms with E-state index < -0.39 is 0 Å². The molecular weight excluding hydrogens is 278 g/mol. The van der Waals surface area contributed by atoms with Gasteiger partial charge in [0, 0.05) is 11.8 Å². The fourth-order valence-corrected chi connectivity index (χ4v) is 3.27. The lowest BCUT2D eigenvalue weighted by molar-refractivity contribution is 0.367. The van der Waals surface area contributed by atoms with E-state index in [1.165, 1.54) is 0 Å². The summed E-state index contributed by atoms with van der Waals surface area (Å²) >= 11 is 0. The van der Waals surface area contributed by atoms with E-state index >= 15 is 0 Å². The predicted octanol–water partition coefficient (Wildman–Crippen LogP) is 2.52. The van der Waals surface area contributed by atoms with Gasteiger partial charge in [0.2, 0.25) is 5.58 Å². The highest BCUT2D eigenvalue weighted by Gasteiger charge is 2.18. The number of furan rings is 1. The number of hydrogen-bond donors (Lipinski definition) is 2. The first kappa shape index (κ1) is 13.5. The lowest BCUT2D eigenvalue weighted by Gasteiger charge is -2.21. The molecule has 114 valence electrons. The van der Waals surface area contributed by atoms with E-state index in [4.69, 9.17) is 4.42 Å².